The number of rotatable bonds is 2. The van der Waals surface area contributed by atoms with Crippen molar-refractivity contribution < 1.29 is 15.0 Å². The monoisotopic (exact) mass is 250 g/mol. The molecule has 2 N–H and O–H groups in total. The van der Waals surface area contributed by atoms with Gasteiger partial charge in [-0.3, -0.25) is 0 Å². The molecule has 100 valence electrons. The zero-order valence-corrected chi connectivity index (χ0v) is 11.1. The SMILES string of the molecule is C=C(C(=O)O)[C@@H]1CC=C2[C@H](O)CC[C@H](C)[C@@]2(C)C1. The number of allylic oxidation sites excluding steroid dienone is 1. The molecule has 0 spiro atoms. The number of aliphatic carboxylic acids is 1. The fourth-order valence-corrected chi connectivity index (χ4v) is 3.54. The summed E-state index contributed by atoms with van der Waals surface area (Å²) in [6.07, 6.45) is 5.03. The Bertz CT molecular complexity index is 410. The second kappa shape index (κ2) is 4.54. The fraction of sp³-hybridized carbons (Fsp3) is 0.667. The predicted octanol–water partition coefficient (Wildman–Crippen LogP) is 2.76. The minimum absolute atomic E-state index is 0.00370. The highest BCUT2D eigenvalue weighted by atomic mass is 16.4. The van der Waals surface area contributed by atoms with Crippen LogP contribution in [-0.2, 0) is 4.79 Å². The summed E-state index contributed by atoms with van der Waals surface area (Å²) in [5.41, 5.74) is 1.35. The second-order valence-electron chi connectivity index (χ2n) is 6.04. The van der Waals surface area contributed by atoms with Gasteiger partial charge in [0.15, 0.2) is 0 Å². The molecule has 0 saturated heterocycles. The number of aliphatic hydroxyl groups excluding tert-OH is 1. The Balaban J connectivity index is 2.29. The molecule has 1 saturated carbocycles. The highest BCUT2D eigenvalue weighted by Gasteiger charge is 2.45. The first kappa shape index (κ1) is 13.3. The van der Waals surface area contributed by atoms with E-state index in [-0.39, 0.29) is 17.4 Å². The lowest BCUT2D eigenvalue weighted by Gasteiger charge is -2.48. The maximum atomic E-state index is 11.0. The van der Waals surface area contributed by atoms with Gasteiger partial charge in [-0.1, -0.05) is 26.5 Å². The first-order chi connectivity index (χ1) is 8.36. The molecule has 0 aromatic heterocycles. The molecule has 0 amide bonds. The van der Waals surface area contributed by atoms with Gasteiger partial charge >= 0.3 is 5.97 Å². The minimum atomic E-state index is -0.899. The number of aliphatic hydroxyl groups is 1. The van der Waals surface area contributed by atoms with Crippen LogP contribution in [-0.4, -0.2) is 22.3 Å². The lowest BCUT2D eigenvalue weighted by molar-refractivity contribution is -0.133. The molecule has 0 aliphatic heterocycles. The highest BCUT2D eigenvalue weighted by molar-refractivity contribution is 5.86. The summed E-state index contributed by atoms with van der Waals surface area (Å²) in [6, 6.07) is 0. The van der Waals surface area contributed by atoms with E-state index in [2.05, 4.69) is 26.5 Å². The molecule has 0 aromatic rings. The molecular formula is C15H22O3. The van der Waals surface area contributed by atoms with E-state index in [4.69, 9.17) is 5.11 Å². The second-order valence-corrected chi connectivity index (χ2v) is 6.04. The molecule has 0 bridgehead atoms. The average molecular weight is 250 g/mol. The molecule has 2 aliphatic rings. The molecule has 2 rings (SSSR count). The molecule has 0 radical (unpaired) electrons. The van der Waals surface area contributed by atoms with Crippen LogP contribution in [0.3, 0.4) is 0 Å². The van der Waals surface area contributed by atoms with Crippen LogP contribution < -0.4 is 0 Å². The highest BCUT2D eigenvalue weighted by Crippen LogP contribution is 2.52. The molecule has 0 aromatic carbocycles. The van der Waals surface area contributed by atoms with Gasteiger partial charge in [-0.15, -0.1) is 0 Å². The van der Waals surface area contributed by atoms with Crippen molar-refractivity contribution in [2.24, 2.45) is 17.3 Å². The molecule has 1 fully saturated rings. The van der Waals surface area contributed by atoms with Crippen LogP contribution in [0.15, 0.2) is 23.8 Å². The van der Waals surface area contributed by atoms with Crippen LogP contribution in [0.1, 0.15) is 39.5 Å². The molecule has 18 heavy (non-hydrogen) atoms. The van der Waals surface area contributed by atoms with Gasteiger partial charge in [0.05, 0.1) is 6.10 Å². The number of fused-ring (bicyclic) bond motifs is 1. The summed E-state index contributed by atoms with van der Waals surface area (Å²) in [5, 5.41) is 19.2. The van der Waals surface area contributed by atoms with Crippen molar-refractivity contribution in [2.75, 3.05) is 0 Å². The van der Waals surface area contributed by atoms with Gasteiger partial charge in [-0.2, -0.15) is 0 Å². The van der Waals surface area contributed by atoms with E-state index < -0.39 is 5.97 Å². The van der Waals surface area contributed by atoms with E-state index in [1.54, 1.807) is 0 Å². The normalized spacial score (nSPS) is 39.7. The summed E-state index contributed by atoms with van der Waals surface area (Å²) in [7, 11) is 0. The van der Waals surface area contributed by atoms with E-state index in [9.17, 15) is 9.90 Å². The van der Waals surface area contributed by atoms with Crippen molar-refractivity contribution in [1.82, 2.24) is 0 Å². The molecule has 0 unspecified atom stereocenters. The van der Waals surface area contributed by atoms with Crippen molar-refractivity contribution >= 4 is 5.97 Å². The third-order valence-corrected chi connectivity index (χ3v) is 5.04. The maximum absolute atomic E-state index is 11.0. The van der Waals surface area contributed by atoms with Gasteiger partial charge in [0.2, 0.25) is 0 Å². The molecule has 3 nitrogen and oxygen atoms in total. The van der Waals surface area contributed by atoms with Crippen LogP contribution in [0, 0.1) is 17.3 Å². The first-order valence-corrected chi connectivity index (χ1v) is 6.67. The van der Waals surface area contributed by atoms with Crippen molar-refractivity contribution in [2.45, 2.75) is 45.6 Å². The van der Waals surface area contributed by atoms with Crippen molar-refractivity contribution in [3.8, 4) is 0 Å². The number of hydrogen-bond donors (Lipinski definition) is 2. The number of carbonyl (C=O) groups is 1. The molecule has 4 atom stereocenters. The quantitative estimate of drug-likeness (QED) is 0.585. The van der Waals surface area contributed by atoms with Gasteiger partial charge < -0.3 is 10.2 Å². The van der Waals surface area contributed by atoms with Crippen LogP contribution in [0.5, 0.6) is 0 Å². The van der Waals surface area contributed by atoms with E-state index in [1.165, 1.54) is 0 Å². The molecule has 0 heterocycles. The first-order valence-electron chi connectivity index (χ1n) is 6.67. The van der Waals surface area contributed by atoms with Crippen molar-refractivity contribution in [3.63, 3.8) is 0 Å². The average Bonchev–Trinajstić information content (AvgIpc) is 2.32. The summed E-state index contributed by atoms with van der Waals surface area (Å²) >= 11 is 0. The molecular weight excluding hydrogens is 228 g/mol. The Morgan fingerprint density at radius 2 is 2.17 bits per heavy atom. The molecule has 2 aliphatic carbocycles. The number of hydrogen-bond acceptors (Lipinski definition) is 2. The summed E-state index contributed by atoms with van der Waals surface area (Å²) in [5.74, 6) is -0.412. The smallest absolute Gasteiger partial charge is 0.331 e. The van der Waals surface area contributed by atoms with E-state index in [0.717, 1.165) is 24.8 Å². The molecule has 3 heteroatoms. The summed E-state index contributed by atoms with van der Waals surface area (Å²) < 4.78 is 0. The van der Waals surface area contributed by atoms with Crippen LogP contribution >= 0.6 is 0 Å². The third kappa shape index (κ3) is 2.01. The number of carboxylic acid groups (broad SMARTS) is 1. The van der Waals surface area contributed by atoms with Crippen LogP contribution in [0.2, 0.25) is 0 Å². The zero-order valence-electron chi connectivity index (χ0n) is 11.1. The Hall–Kier alpha value is -1.09. The van der Waals surface area contributed by atoms with Crippen LogP contribution in [0.25, 0.3) is 0 Å². The summed E-state index contributed by atoms with van der Waals surface area (Å²) in [4.78, 5) is 11.0. The Labute approximate surface area is 108 Å². The maximum Gasteiger partial charge on any atom is 0.331 e. The zero-order chi connectivity index (χ0) is 13.5. The number of carboxylic acids is 1. The van der Waals surface area contributed by atoms with Gasteiger partial charge in [0, 0.05) is 5.57 Å². The van der Waals surface area contributed by atoms with Crippen molar-refractivity contribution in [1.29, 1.82) is 0 Å². The van der Waals surface area contributed by atoms with Crippen molar-refractivity contribution in [3.05, 3.63) is 23.8 Å². The van der Waals surface area contributed by atoms with Gasteiger partial charge in [-0.25, -0.2) is 4.79 Å². The largest absolute Gasteiger partial charge is 0.478 e. The standard InChI is InChI=1S/C15H22O3/c1-9-4-7-13(16)12-6-5-11(8-15(9,12)3)10(2)14(17)18/h6,9,11,13,16H,2,4-5,7-8H2,1,3H3,(H,17,18)/t9-,11+,13+,15+/m0/s1. The van der Waals surface area contributed by atoms with Gasteiger partial charge in [0.25, 0.3) is 0 Å². The lowest BCUT2D eigenvalue weighted by atomic mass is 9.57. The Kier molecular flexibility index (Phi) is 3.37. The Morgan fingerprint density at radius 3 is 2.78 bits per heavy atom. The van der Waals surface area contributed by atoms with Gasteiger partial charge in [0.1, 0.15) is 0 Å². The van der Waals surface area contributed by atoms with Gasteiger partial charge in [-0.05, 0) is 48.5 Å². The lowest BCUT2D eigenvalue weighted by Crippen LogP contribution is -2.42. The van der Waals surface area contributed by atoms with E-state index >= 15 is 0 Å². The van der Waals surface area contributed by atoms with E-state index in [1.807, 2.05) is 0 Å². The fourth-order valence-electron chi connectivity index (χ4n) is 3.54. The minimum Gasteiger partial charge on any atom is -0.478 e. The predicted molar refractivity (Wildman–Crippen MR) is 70.1 cm³/mol. The van der Waals surface area contributed by atoms with E-state index in [0.29, 0.717) is 17.9 Å². The Morgan fingerprint density at radius 1 is 1.50 bits per heavy atom. The van der Waals surface area contributed by atoms with Crippen LogP contribution in [0.4, 0.5) is 0 Å². The summed E-state index contributed by atoms with van der Waals surface area (Å²) in [6.45, 7) is 8.06. The third-order valence-electron chi connectivity index (χ3n) is 5.04. The topological polar surface area (TPSA) is 57.5 Å².